The number of thioether (sulfide) groups is 1. The molecule has 0 aliphatic heterocycles. The molecule has 1 heterocycles. The second-order valence-electron chi connectivity index (χ2n) is 4.03. The summed E-state index contributed by atoms with van der Waals surface area (Å²) in [5.41, 5.74) is 1.20. The zero-order valence-electron chi connectivity index (χ0n) is 10.3. The van der Waals surface area contributed by atoms with E-state index in [1.165, 1.54) is 29.2 Å². The van der Waals surface area contributed by atoms with Crippen molar-refractivity contribution in [2.45, 2.75) is 23.0 Å². The van der Waals surface area contributed by atoms with Gasteiger partial charge in [0.1, 0.15) is 4.21 Å². The molecule has 1 atom stereocenters. The van der Waals surface area contributed by atoms with Crippen LogP contribution in [0.15, 0.2) is 40.6 Å². The van der Waals surface area contributed by atoms with E-state index in [4.69, 9.17) is 0 Å². The van der Waals surface area contributed by atoms with Crippen LogP contribution < -0.4 is 0 Å². The summed E-state index contributed by atoms with van der Waals surface area (Å²) in [4.78, 5) is 11.2. The average Bonchev–Trinajstić information content (AvgIpc) is 2.82. The maximum Gasteiger partial charge on any atom is 0.294 e. The Morgan fingerprint density at radius 1 is 1.42 bits per heavy atom. The van der Waals surface area contributed by atoms with E-state index in [1.807, 2.05) is 30.3 Å². The maximum atomic E-state index is 11.0. The van der Waals surface area contributed by atoms with Crippen molar-refractivity contribution >= 4 is 28.8 Å². The lowest BCUT2D eigenvalue weighted by Gasteiger charge is -1.99. The van der Waals surface area contributed by atoms with Crippen LogP contribution >= 0.6 is 23.1 Å². The minimum absolute atomic E-state index is 0.0850. The van der Waals surface area contributed by atoms with Crippen LogP contribution in [0, 0.1) is 10.1 Å². The summed E-state index contributed by atoms with van der Waals surface area (Å²) in [6, 6.07) is 11.3. The van der Waals surface area contributed by atoms with Crippen molar-refractivity contribution in [3.8, 4) is 0 Å². The van der Waals surface area contributed by atoms with E-state index in [-0.39, 0.29) is 5.69 Å². The summed E-state index contributed by atoms with van der Waals surface area (Å²) in [6.45, 7) is 1.61. The van der Waals surface area contributed by atoms with Gasteiger partial charge < -0.3 is 5.11 Å². The SMILES string of the molecule is CC(O)c1cc([N+](=O)[O-])c(SCc2ccccc2)s1. The van der Waals surface area contributed by atoms with Crippen LogP contribution in [0.2, 0.25) is 0 Å². The number of benzene rings is 1. The lowest BCUT2D eigenvalue weighted by molar-refractivity contribution is -0.387. The zero-order valence-corrected chi connectivity index (χ0v) is 11.9. The highest BCUT2D eigenvalue weighted by Crippen LogP contribution is 2.40. The molecule has 19 heavy (non-hydrogen) atoms. The van der Waals surface area contributed by atoms with Gasteiger partial charge in [0.05, 0.1) is 11.0 Å². The molecular weight excluding hydrogens is 282 g/mol. The highest BCUT2D eigenvalue weighted by molar-refractivity contribution is 8.00. The van der Waals surface area contributed by atoms with Gasteiger partial charge >= 0.3 is 0 Å². The molecule has 0 spiro atoms. The fourth-order valence-corrected chi connectivity index (χ4v) is 3.81. The van der Waals surface area contributed by atoms with Gasteiger partial charge in [0, 0.05) is 16.7 Å². The smallest absolute Gasteiger partial charge is 0.294 e. The van der Waals surface area contributed by atoms with E-state index < -0.39 is 11.0 Å². The molecule has 0 aliphatic rings. The minimum Gasteiger partial charge on any atom is -0.388 e. The van der Waals surface area contributed by atoms with Crippen LogP contribution in [0.1, 0.15) is 23.5 Å². The van der Waals surface area contributed by atoms with Gasteiger partial charge in [0.25, 0.3) is 5.69 Å². The molecule has 2 aromatic rings. The third kappa shape index (κ3) is 3.56. The third-order valence-corrected chi connectivity index (χ3v) is 5.16. The molecule has 0 radical (unpaired) electrons. The van der Waals surface area contributed by atoms with Crippen LogP contribution in [0.25, 0.3) is 0 Å². The van der Waals surface area contributed by atoms with Gasteiger partial charge in [0.2, 0.25) is 0 Å². The molecule has 1 unspecified atom stereocenters. The molecule has 2 rings (SSSR count). The van der Waals surface area contributed by atoms with Crippen molar-refractivity contribution in [1.29, 1.82) is 0 Å². The lowest BCUT2D eigenvalue weighted by Crippen LogP contribution is -1.88. The number of rotatable bonds is 5. The van der Waals surface area contributed by atoms with Crippen molar-refractivity contribution in [2.75, 3.05) is 0 Å². The summed E-state index contributed by atoms with van der Waals surface area (Å²) in [7, 11) is 0. The monoisotopic (exact) mass is 295 g/mol. The largest absolute Gasteiger partial charge is 0.388 e. The molecule has 0 saturated carbocycles. The number of nitro groups is 1. The quantitative estimate of drug-likeness (QED) is 0.514. The fraction of sp³-hybridized carbons (Fsp3) is 0.231. The van der Waals surface area contributed by atoms with Crippen molar-refractivity contribution < 1.29 is 10.0 Å². The predicted molar refractivity (Wildman–Crippen MR) is 77.6 cm³/mol. The Hall–Kier alpha value is -1.37. The molecule has 6 heteroatoms. The lowest BCUT2D eigenvalue weighted by atomic mass is 10.2. The Bertz CT molecular complexity index is 567. The Balaban J connectivity index is 2.17. The highest BCUT2D eigenvalue weighted by Gasteiger charge is 2.21. The van der Waals surface area contributed by atoms with Gasteiger partial charge in [-0.1, -0.05) is 30.3 Å². The van der Waals surface area contributed by atoms with Gasteiger partial charge in [-0.25, -0.2) is 0 Å². The van der Waals surface area contributed by atoms with E-state index in [1.54, 1.807) is 6.92 Å². The molecule has 1 N–H and O–H groups in total. The first-order valence-electron chi connectivity index (χ1n) is 5.71. The summed E-state index contributed by atoms with van der Waals surface area (Å²) < 4.78 is 0.643. The first-order chi connectivity index (χ1) is 9.08. The first-order valence-corrected chi connectivity index (χ1v) is 7.51. The molecule has 1 aromatic carbocycles. The van der Waals surface area contributed by atoms with E-state index >= 15 is 0 Å². The van der Waals surface area contributed by atoms with Crippen molar-refractivity contribution in [3.63, 3.8) is 0 Å². The third-order valence-electron chi connectivity index (χ3n) is 2.52. The minimum atomic E-state index is -0.672. The van der Waals surface area contributed by atoms with Crippen LogP contribution in [0.3, 0.4) is 0 Å². The van der Waals surface area contributed by atoms with E-state index in [9.17, 15) is 15.2 Å². The van der Waals surface area contributed by atoms with Crippen molar-refractivity contribution in [3.05, 3.63) is 57.0 Å². The Morgan fingerprint density at radius 3 is 2.68 bits per heavy atom. The van der Waals surface area contributed by atoms with Crippen molar-refractivity contribution in [2.24, 2.45) is 0 Å². The number of hydrogen-bond donors (Lipinski definition) is 1. The Morgan fingerprint density at radius 2 is 2.11 bits per heavy atom. The number of thiophene rings is 1. The Labute approximate surface area is 119 Å². The number of nitrogens with zero attached hydrogens (tertiary/aromatic N) is 1. The summed E-state index contributed by atoms with van der Waals surface area (Å²) in [5, 5.41) is 20.5. The molecule has 100 valence electrons. The summed E-state index contributed by atoms with van der Waals surface area (Å²) >= 11 is 2.72. The van der Waals surface area contributed by atoms with E-state index in [2.05, 4.69) is 0 Å². The van der Waals surface area contributed by atoms with Gasteiger partial charge in [0.15, 0.2) is 0 Å². The van der Waals surface area contributed by atoms with Gasteiger partial charge in [-0.2, -0.15) is 0 Å². The highest BCUT2D eigenvalue weighted by atomic mass is 32.2. The van der Waals surface area contributed by atoms with Gasteiger partial charge in [-0.15, -0.1) is 23.1 Å². The van der Waals surface area contributed by atoms with E-state index in [0.717, 1.165) is 5.56 Å². The Kier molecular flexibility index (Phi) is 4.57. The van der Waals surface area contributed by atoms with Crippen LogP contribution in [0.5, 0.6) is 0 Å². The molecule has 0 fully saturated rings. The number of hydrogen-bond acceptors (Lipinski definition) is 5. The molecule has 1 aromatic heterocycles. The normalized spacial score (nSPS) is 12.3. The number of aliphatic hydroxyl groups is 1. The predicted octanol–water partition coefficient (Wildman–Crippen LogP) is 4.00. The van der Waals surface area contributed by atoms with Gasteiger partial charge in [-0.3, -0.25) is 10.1 Å². The standard InChI is InChI=1S/C13H13NO3S2/c1-9(15)12-7-11(14(16)17)13(19-12)18-8-10-5-3-2-4-6-10/h2-7,9,15H,8H2,1H3. The molecule has 4 nitrogen and oxygen atoms in total. The first kappa shape index (κ1) is 14.0. The zero-order chi connectivity index (χ0) is 13.8. The van der Waals surface area contributed by atoms with Crippen LogP contribution in [-0.2, 0) is 5.75 Å². The maximum absolute atomic E-state index is 11.0. The topological polar surface area (TPSA) is 63.4 Å². The molecular formula is C13H13NO3S2. The van der Waals surface area contributed by atoms with Crippen LogP contribution in [-0.4, -0.2) is 10.0 Å². The second-order valence-corrected chi connectivity index (χ2v) is 6.36. The van der Waals surface area contributed by atoms with Crippen molar-refractivity contribution in [1.82, 2.24) is 0 Å². The molecule has 0 bridgehead atoms. The summed E-state index contributed by atoms with van der Waals surface area (Å²) in [5.74, 6) is 0.682. The summed E-state index contributed by atoms with van der Waals surface area (Å²) in [6.07, 6.45) is -0.672. The van der Waals surface area contributed by atoms with Crippen LogP contribution in [0.4, 0.5) is 5.69 Å². The molecule has 0 amide bonds. The second kappa shape index (κ2) is 6.18. The fourth-order valence-electron chi connectivity index (χ4n) is 1.54. The average molecular weight is 295 g/mol. The molecule has 0 saturated heterocycles. The van der Waals surface area contributed by atoms with E-state index in [0.29, 0.717) is 14.8 Å². The van der Waals surface area contributed by atoms with Gasteiger partial charge in [-0.05, 0) is 12.5 Å². The molecule has 0 aliphatic carbocycles. The number of aliphatic hydroxyl groups excluding tert-OH is 1.